The average molecular weight is 383 g/mol. The third-order valence-corrected chi connectivity index (χ3v) is 5.99. The molecule has 3 aromatic rings. The van der Waals surface area contributed by atoms with Crippen molar-refractivity contribution >= 4 is 32.5 Å². The number of pyridine rings is 1. The molecule has 7 nitrogen and oxygen atoms in total. The van der Waals surface area contributed by atoms with Crippen molar-refractivity contribution in [3.8, 4) is 0 Å². The van der Waals surface area contributed by atoms with E-state index in [4.69, 9.17) is 0 Å². The number of hydrogen-bond acceptors (Lipinski definition) is 4. The van der Waals surface area contributed by atoms with E-state index in [-0.39, 0.29) is 35.7 Å². The van der Waals surface area contributed by atoms with Crippen LogP contribution in [-0.2, 0) is 27.7 Å². The monoisotopic (exact) mass is 383 g/mol. The number of anilines is 1. The van der Waals surface area contributed by atoms with Crippen LogP contribution in [0.3, 0.4) is 0 Å². The summed E-state index contributed by atoms with van der Waals surface area (Å²) in [5, 5.41) is 3.56. The van der Waals surface area contributed by atoms with Gasteiger partial charge in [-0.25, -0.2) is 13.1 Å². The van der Waals surface area contributed by atoms with E-state index < -0.39 is 10.0 Å². The highest BCUT2D eigenvalue weighted by atomic mass is 32.2. The number of hydrogen-bond donors (Lipinski definition) is 3. The van der Waals surface area contributed by atoms with E-state index >= 15 is 0 Å². The van der Waals surface area contributed by atoms with Gasteiger partial charge in [-0.15, -0.1) is 0 Å². The van der Waals surface area contributed by atoms with Crippen LogP contribution in [0.4, 0.5) is 5.69 Å². The molecule has 1 amide bonds. The number of sulfonamides is 1. The zero-order valence-electron chi connectivity index (χ0n) is 14.3. The average Bonchev–Trinajstić information content (AvgIpc) is 3.01. The predicted molar refractivity (Wildman–Crippen MR) is 102 cm³/mol. The van der Waals surface area contributed by atoms with Crippen molar-refractivity contribution in [2.75, 3.05) is 11.9 Å². The molecule has 0 aliphatic carbocycles. The number of fused-ring (bicyclic) bond motifs is 2. The van der Waals surface area contributed by atoms with Gasteiger partial charge in [0.1, 0.15) is 0 Å². The fourth-order valence-corrected chi connectivity index (χ4v) is 4.24. The second-order valence-corrected chi connectivity index (χ2v) is 8.17. The van der Waals surface area contributed by atoms with E-state index in [0.29, 0.717) is 16.8 Å². The van der Waals surface area contributed by atoms with Crippen LogP contribution in [-0.4, -0.2) is 25.9 Å². The zero-order chi connectivity index (χ0) is 19.0. The molecular weight excluding hydrogens is 366 g/mol. The van der Waals surface area contributed by atoms with E-state index in [2.05, 4.69) is 15.0 Å². The summed E-state index contributed by atoms with van der Waals surface area (Å²) in [7, 11) is -3.73. The van der Waals surface area contributed by atoms with Crippen molar-refractivity contribution in [1.29, 1.82) is 0 Å². The molecule has 3 N–H and O–H groups in total. The smallest absolute Gasteiger partial charge is 0.251 e. The van der Waals surface area contributed by atoms with E-state index in [1.807, 2.05) is 24.3 Å². The summed E-state index contributed by atoms with van der Waals surface area (Å²) in [6.45, 7) is 0.0953. The summed E-state index contributed by atoms with van der Waals surface area (Å²) in [5.74, 6) is -0.150. The summed E-state index contributed by atoms with van der Waals surface area (Å²) < 4.78 is 27.5. The molecule has 4 rings (SSSR count). The lowest BCUT2D eigenvalue weighted by molar-refractivity contribution is -0.115. The van der Waals surface area contributed by atoms with Gasteiger partial charge in [-0.05, 0) is 47.7 Å². The number of amides is 1. The SMILES string of the molecule is O=C1Cc2cc(S(=O)(=O)NCCc3cc4ccccc4[nH]c3=O)ccc2N1. The van der Waals surface area contributed by atoms with Crippen LogP contribution < -0.4 is 15.6 Å². The molecule has 8 heteroatoms. The first-order valence-corrected chi connectivity index (χ1v) is 9.94. The Balaban J connectivity index is 1.49. The van der Waals surface area contributed by atoms with Gasteiger partial charge in [-0.3, -0.25) is 9.59 Å². The van der Waals surface area contributed by atoms with Crippen molar-refractivity contribution < 1.29 is 13.2 Å². The van der Waals surface area contributed by atoms with Gasteiger partial charge in [0.15, 0.2) is 0 Å². The number of rotatable bonds is 5. The molecular formula is C19H17N3O4S. The Labute approximate surface area is 155 Å². The molecule has 0 radical (unpaired) electrons. The number of carbonyl (C=O) groups excluding carboxylic acids is 1. The molecule has 0 saturated carbocycles. The van der Waals surface area contributed by atoms with Crippen LogP contribution in [0, 0.1) is 0 Å². The van der Waals surface area contributed by atoms with Crippen LogP contribution in [0.5, 0.6) is 0 Å². The standard InChI is InChI=1S/C19H17N3O4S/c23-18-11-14-10-15(5-6-17(14)21-18)27(25,26)20-8-7-13-9-12-3-1-2-4-16(12)22-19(13)24/h1-6,9-10,20H,7-8,11H2,(H,21,23)(H,22,24). The molecule has 2 heterocycles. The van der Waals surface area contributed by atoms with Gasteiger partial charge in [0.05, 0.1) is 11.3 Å². The predicted octanol–water partition coefficient (Wildman–Crippen LogP) is 1.54. The molecule has 2 aromatic carbocycles. The van der Waals surface area contributed by atoms with Gasteiger partial charge >= 0.3 is 0 Å². The lowest BCUT2D eigenvalue weighted by Gasteiger charge is -2.08. The Kier molecular flexibility index (Phi) is 4.29. The third kappa shape index (κ3) is 3.49. The van der Waals surface area contributed by atoms with E-state index in [9.17, 15) is 18.0 Å². The van der Waals surface area contributed by atoms with Crippen LogP contribution in [0.25, 0.3) is 10.9 Å². The number of aromatic amines is 1. The molecule has 0 fully saturated rings. The highest BCUT2D eigenvalue weighted by Gasteiger charge is 2.21. The number of H-pyrrole nitrogens is 1. The quantitative estimate of drug-likeness (QED) is 0.621. The van der Waals surface area contributed by atoms with Gasteiger partial charge < -0.3 is 10.3 Å². The molecule has 1 aliphatic heterocycles. The van der Waals surface area contributed by atoms with Crippen molar-refractivity contribution in [2.24, 2.45) is 0 Å². The third-order valence-electron chi connectivity index (χ3n) is 4.53. The summed E-state index contributed by atoms with van der Waals surface area (Å²) in [6, 6.07) is 13.7. The first-order valence-electron chi connectivity index (χ1n) is 8.46. The highest BCUT2D eigenvalue weighted by Crippen LogP contribution is 2.25. The maximum atomic E-state index is 12.5. The second-order valence-electron chi connectivity index (χ2n) is 6.40. The van der Waals surface area contributed by atoms with E-state index in [1.165, 1.54) is 12.1 Å². The molecule has 0 unspecified atom stereocenters. The van der Waals surface area contributed by atoms with Gasteiger partial charge in [0.25, 0.3) is 5.56 Å². The number of benzene rings is 2. The Bertz CT molecular complexity index is 1220. The van der Waals surface area contributed by atoms with Gasteiger partial charge in [-0.1, -0.05) is 18.2 Å². The molecule has 0 saturated heterocycles. The maximum Gasteiger partial charge on any atom is 0.251 e. The number of para-hydroxylation sites is 1. The molecule has 0 atom stereocenters. The van der Waals surface area contributed by atoms with Crippen LogP contribution in [0.15, 0.2) is 58.2 Å². The summed E-state index contributed by atoms with van der Waals surface area (Å²) >= 11 is 0. The van der Waals surface area contributed by atoms with Crippen LogP contribution >= 0.6 is 0 Å². The van der Waals surface area contributed by atoms with Crippen molar-refractivity contribution in [1.82, 2.24) is 9.71 Å². The second kappa shape index (κ2) is 6.64. The van der Waals surface area contributed by atoms with Crippen molar-refractivity contribution in [3.63, 3.8) is 0 Å². The van der Waals surface area contributed by atoms with Crippen molar-refractivity contribution in [2.45, 2.75) is 17.7 Å². The highest BCUT2D eigenvalue weighted by molar-refractivity contribution is 7.89. The molecule has 1 aliphatic rings. The number of carbonyl (C=O) groups is 1. The normalized spacial score (nSPS) is 13.6. The maximum absolute atomic E-state index is 12.5. The van der Waals surface area contributed by atoms with Crippen LogP contribution in [0.1, 0.15) is 11.1 Å². The van der Waals surface area contributed by atoms with E-state index in [0.717, 1.165) is 10.9 Å². The zero-order valence-corrected chi connectivity index (χ0v) is 15.1. The fourth-order valence-electron chi connectivity index (χ4n) is 3.15. The molecule has 1 aromatic heterocycles. The summed E-state index contributed by atoms with van der Waals surface area (Å²) in [5.41, 5.74) is 2.33. The topological polar surface area (TPSA) is 108 Å². The van der Waals surface area contributed by atoms with E-state index in [1.54, 1.807) is 12.1 Å². The van der Waals surface area contributed by atoms with Crippen LogP contribution in [0.2, 0.25) is 0 Å². The van der Waals surface area contributed by atoms with Gasteiger partial charge in [-0.2, -0.15) is 0 Å². The Morgan fingerprint density at radius 1 is 1.04 bits per heavy atom. The molecule has 0 bridgehead atoms. The minimum absolute atomic E-state index is 0.0953. The fraction of sp³-hybridized carbons (Fsp3) is 0.158. The van der Waals surface area contributed by atoms with Gasteiger partial charge in [0.2, 0.25) is 15.9 Å². The minimum Gasteiger partial charge on any atom is -0.326 e. The summed E-state index contributed by atoms with van der Waals surface area (Å²) in [6.07, 6.45) is 0.440. The minimum atomic E-state index is -3.73. The van der Waals surface area contributed by atoms with Gasteiger partial charge in [0, 0.05) is 23.3 Å². The first kappa shape index (κ1) is 17.4. The lowest BCUT2D eigenvalue weighted by atomic mass is 10.1. The van der Waals surface area contributed by atoms with Crippen molar-refractivity contribution in [3.05, 3.63) is 70.0 Å². The molecule has 0 spiro atoms. The molecule has 27 heavy (non-hydrogen) atoms. The Morgan fingerprint density at radius 3 is 2.70 bits per heavy atom. The lowest BCUT2D eigenvalue weighted by Crippen LogP contribution is -2.27. The summed E-state index contributed by atoms with van der Waals surface area (Å²) in [4.78, 5) is 26.5. The number of aromatic nitrogens is 1. The Morgan fingerprint density at radius 2 is 1.85 bits per heavy atom. The molecule has 138 valence electrons. The Hall–Kier alpha value is -2.97. The largest absolute Gasteiger partial charge is 0.326 e. The number of nitrogens with one attached hydrogen (secondary N) is 3. The first-order chi connectivity index (χ1) is 12.9.